The molecule has 0 unspecified atom stereocenters. The van der Waals surface area contributed by atoms with Crippen molar-refractivity contribution in [2.45, 2.75) is 5.92 Å². The van der Waals surface area contributed by atoms with Gasteiger partial charge >= 0.3 is 6.09 Å². The number of hydrogen-bond acceptors (Lipinski definition) is 4. The first-order valence-electron chi connectivity index (χ1n) is 9.70. The Balaban J connectivity index is 1.19. The highest BCUT2D eigenvalue weighted by Gasteiger charge is 2.28. The molecule has 0 bridgehead atoms. The Bertz CT molecular complexity index is 1250. The third kappa shape index (κ3) is 3.54. The van der Waals surface area contributed by atoms with E-state index in [0.29, 0.717) is 6.61 Å². The van der Waals surface area contributed by atoms with Crippen molar-refractivity contribution in [1.29, 1.82) is 0 Å². The smallest absolute Gasteiger partial charge is 0.407 e. The average Bonchev–Trinajstić information content (AvgIpc) is 3.37. The predicted octanol–water partition coefficient (Wildman–Crippen LogP) is 5.19. The van der Waals surface area contributed by atoms with Crippen LogP contribution in [0.3, 0.4) is 0 Å². The van der Waals surface area contributed by atoms with Crippen LogP contribution in [-0.2, 0) is 4.74 Å². The standard InChI is InChI=1S/C25H18N2O2S/c28-25(26-13-5-6-17-11-12-23-24(14-17)30-16-27-23)29-15-22-20-9-3-1-7-18(20)19-8-2-4-10-21(19)22/h1-4,7-12,14,16,22H,13,15H2,(H,26,28). The van der Waals surface area contributed by atoms with Crippen LogP contribution in [0.4, 0.5) is 4.79 Å². The Hall–Kier alpha value is -3.62. The number of carbonyl (C=O) groups is 1. The van der Waals surface area contributed by atoms with Crippen LogP contribution < -0.4 is 5.32 Å². The van der Waals surface area contributed by atoms with E-state index < -0.39 is 6.09 Å². The number of hydrogen-bond donors (Lipinski definition) is 1. The van der Waals surface area contributed by atoms with Gasteiger partial charge in [0.2, 0.25) is 0 Å². The topological polar surface area (TPSA) is 51.2 Å². The van der Waals surface area contributed by atoms with Crippen LogP contribution in [0.2, 0.25) is 0 Å². The summed E-state index contributed by atoms with van der Waals surface area (Å²) in [6, 6.07) is 22.5. The third-order valence-corrected chi connectivity index (χ3v) is 6.02. The molecule has 1 aliphatic carbocycles. The molecule has 1 heterocycles. The molecule has 5 heteroatoms. The van der Waals surface area contributed by atoms with Crippen LogP contribution in [0.15, 0.2) is 72.2 Å². The second-order valence-corrected chi connectivity index (χ2v) is 7.90. The first-order valence-corrected chi connectivity index (χ1v) is 10.6. The molecule has 0 fully saturated rings. The molecular formula is C25H18N2O2S. The quantitative estimate of drug-likeness (QED) is 0.473. The molecule has 4 aromatic rings. The summed E-state index contributed by atoms with van der Waals surface area (Å²) < 4.78 is 6.62. The lowest BCUT2D eigenvalue weighted by Gasteiger charge is -2.14. The summed E-state index contributed by atoms with van der Waals surface area (Å²) in [6.45, 7) is 0.534. The normalized spacial score (nSPS) is 12.0. The van der Waals surface area contributed by atoms with Gasteiger partial charge in [0, 0.05) is 11.5 Å². The number of carbonyl (C=O) groups excluding carboxylic acids is 1. The van der Waals surface area contributed by atoms with Gasteiger partial charge in [0.05, 0.1) is 22.3 Å². The summed E-state index contributed by atoms with van der Waals surface area (Å²) in [6.07, 6.45) is -0.455. The van der Waals surface area contributed by atoms with Crippen molar-refractivity contribution in [3.05, 3.63) is 88.9 Å². The van der Waals surface area contributed by atoms with Gasteiger partial charge in [0.1, 0.15) is 6.61 Å². The summed E-state index contributed by atoms with van der Waals surface area (Å²) in [5.74, 6) is 6.09. The summed E-state index contributed by atoms with van der Waals surface area (Å²) >= 11 is 1.59. The molecular weight excluding hydrogens is 392 g/mol. The largest absolute Gasteiger partial charge is 0.449 e. The molecule has 1 N–H and O–H groups in total. The van der Waals surface area contributed by atoms with Crippen LogP contribution >= 0.6 is 11.3 Å². The molecule has 0 radical (unpaired) electrons. The average molecular weight is 410 g/mol. The maximum Gasteiger partial charge on any atom is 0.407 e. The molecule has 0 aliphatic heterocycles. The fourth-order valence-corrected chi connectivity index (χ4v) is 4.56. The maximum atomic E-state index is 12.2. The van der Waals surface area contributed by atoms with Crippen LogP contribution in [0.25, 0.3) is 21.3 Å². The summed E-state index contributed by atoms with van der Waals surface area (Å²) in [5, 5.41) is 2.71. The van der Waals surface area contributed by atoms with Gasteiger partial charge in [-0.25, -0.2) is 9.78 Å². The van der Waals surface area contributed by atoms with E-state index >= 15 is 0 Å². The molecule has 5 rings (SSSR count). The molecule has 0 spiro atoms. The Morgan fingerprint density at radius 2 is 1.77 bits per heavy atom. The molecule has 0 atom stereocenters. The SMILES string of the molecule is O=C(NCC#Cc1ccc2ncsc2c1)OCC1c2ccccc2-c2ccccc21. The highest BCUT2D eigenvalue weighted by molar-refractivity contribution is 7.16. The molecule has 0 saturated heterocycles. The van der Waals surface area contributed by atoms with E-state index in [9.17, 15) is 4.79 Å². The minimum Gasteiger partial charge on any atom is -0.449 e. The first-order chi connectivity index (χ1) is 14.8. The van der Waals surface area contributed by atoms with E-state index in [1.807, 2.05) is 48.0 Å². The van der Waals surface area contributed by atoms with E-state index in [-0.39, 0.29) is 12.5 Å². The van der Waals surface area contributed by atoms with Crippen LogP contribution in [0.1, 0.15) is 22.6 Å². The van der Waals surface area contributed by atoms with Crippen molar-refractivity contribution >= 4 is 27.6 Å². The fraction of sp³-hybridized carbons (Fsp3) is 0.120. The van der Waals surface area contributed by atoms with Gasteiger partial charge in [-0.3, -0.25) is 0 Å². The van der Waals surface area contributed by atoms with Crippen molar-refractivity contribution in [2.24, 2.45) is 0 Å². The molecule has 30 heavy (non-hydrogen) atoms. The molecule has 4 nitrogen and oxygen atoms in total. The number of amides is 1. The number of ether oxygens (including phenoxy) is 1. The van der Waals surface area contributed by atoms with Crippen molar-refractivity contribution < 1.29 is 9.53 Å². The van der Waals surface area contributed by atoms with E-state index in [4.69, 9.17) is 4.74 Å². The van der Waals surface area contributed by atoms with Crippen LogP contribution in [0.5, 0.6) is 0 Å². The Kier molecular flexibility index (Phi) is 4.92. The highest BCUT2D eigenvalue weighted by atomic mass is 32.1. The van der Waals surface area contributed by atoms with Crippen molar-refractivity contribution in [3.8, 4) is 23.0 Å². The number of rotatable bonds is 3. The lowest BCUT2D eigenvalue weighted by atomic mass is 9.98. The van der Waals surface area contributed by atoms with Crippen molar-refractivity contribution in [2.75, 3.05) is 13.2 Å². The number of nitrogens with one attached hydrogen (secondary N) is 1. The summed E-state index contributed by atoms with van der Waals surface area (Å²) in [4.78, 5) is 16.4. The minimum atomic E-state index is -0.455. The zero-order valence-corrected chi connectivity index (χ0v) is 16.9. The monoisotopic (exact) mass is 410 g/mol. The minimum absolute atomic E-state index is 0.0559. The molecule has 1 aromatic heterocycles. The number of fused-ring (bicyclic) bond motifs is 4. The second-order valence-electron chi connectivity index (χ2n) is 7.02. The zero-order valence-electron chi connectivity index (χ0n) is 16.1. The highest BCUT2D eigenvalue weighted by Crippen LogP contribution is 2.44. The van der Waals surface area contributed by atoms with Gasteiger partial charge in [-0.15, -0.1) is 11.3 Å². The van der Waals surface area contributed by atoms with Crippen molar-refractivity contribution in [1.82, 2.24) is 10.3 Å². The number of nitrogens with zero attached hydrogens (tertiary/aromatic N) is 1. The Morgan fingerprint density at radius 3 is 2.53 bits per heavy atom. The van der Waals surface area contributed by atoms with Gasteiger partial charge in [-0.2, -0.15) is 0 Å². The fourth-order valence-electron chi connectivity index (χ4n) is 3.84. The van der Waals surface area contributed by atoms with Gasteiger partial charge in [-0.1, -0.05) is 60.4 Å². The van der Waals surface area contributed by atoms with E-state index in [1.165, 1.54) is 22.3 Å². The molecule has 146 valence electrons. The lowest BCUT2D eigenvalue weighted by molar-refractivity contribution is 0.144. The van der Waals surface area contributed by atoms with Gasteiger partial charge < -0.3 is 10.1 Å². The second kappa shape index (κ2) is 8.02. The van der Waals surface area contributed by atoms with Gasteiger partial charge in [0.25, 0.3) is 0 Å². The first kappa shape index (κ1) is 18.4. The number of thiazole rings is 1. The van der Waals surface area contributed by atoms with Gasteiger partial charge in [0.15, 0.2) is 0 Å². The summed E-state index contributed by atoms with van der Waals surface area (Å²) in [7, 11) is 0. The van der Waals surface area contributed by atoms with E-state index in [0.717, 1.165) is 15.8 Å². The number of alkyl carbamates (subject to hydrolysis) is 1. The maximum absolute atomic E-state index is 12.2. The Morgan fingerprint density at radius 1 is 1.03 bits per heavy atom. The zero-order chi connectivity index (χ0) is 20.3. The van der Waals surface area contributed by atoms with E-state index in [2.05, 4.69) is 46.4 Å². The van der Waals surface area contributed by atoms with Crippen molar-refractivity contribution in [3.63, 3.8) is 0 Å². The third-order valence-electron chi connectivity index (χ3n) is 5.23. The molecule has 3 aromatic carbocycles. The molecule has 0 saturated carbocycles. The van der Waals surface area contributed by atoms with Crippen LogP contribution in [0, 0.1) is 11.8 Å². The van der Waals surface area contributed by atoms with Crippen LogP contribution in [-0.4, -0.2) is 24.2 Å². The lowest BCUT2D eigenvalue weighted by Crippen LogP contribution is -2.26. The Labute approximate surface area is 178 Å². The predicted molar refractivity (Wildman–Crippen MR) is 120 cm³/mol. The molecule has 1 aliphatic rings. The molecule has 1 amide bonds. The number of aromatic nitrogens is 1. The van der Waals surface area contributed by atoms with E-state index in [1.54, 1.807) is 11.3 Å². The number of benzene rings is 3. The van der Waals surface area contributed by atoms with Gasteiger partial charge in [-0.05, 0) is 40.5 Å². The summed E-state index contributed by atoms with van der Waals surface area (Å²) in [5.41, 5.74) is 8.52.